The highest BCUT2D eigenvalue weighted by atomic mass is 32.3. The van der Waals surface area contributed by atoms with Crippen molar-refractivity contribution in [2.45, 2.75) is 25.5 Å². The van der Waals surface area contributed by atoms with Crippen molar-refractivity contribution in [3.8, 4) is 0 Å². The van der Waals surface area contributed by atoms with Crippen LogP contribution in [0.15, 0.2) is 22.9 Å². The van der Waals surface area contributed by atoms with E-state index in [1.54, 1.807) is 6.07 Å². The molecule has 2 aliphatic rings. The highest BCUT2D eigenvalue weighted by molar-refractivity contribution is 8.03. The van der Waals surface area contributed by atoms with Gasteiger partial charge in [0.2, 0.25) is 5.91 Å². The van der Waals surface area contributed by atoms with Crippen LogP contribution in [0, 0.1) is 5.92 Å². The summed E-state index contributed by atoms with van der Waals surface area (Å²) in [6, 6.07) is 1.03. The van der Waals surface area contributed by atoms with Crippen molar-refractivity contribution in [2.24, 2.45) is 5.92 Å². The van der Waals surface area contributed by atoms with Gasteiger partial charge in [0.25, 0.3) is 5.91 Å². The lowest BCUT2D eigenvalue weighted by Gasteiger charge is -2.45. The van der Waals surface area contributed by atoms with E-state index in [1.807, 2.05) is 0 Å². The number of aromatic nitrogens is 1. The molecule has 158 valence electrons. The molecule has 3 N–H and O–H groups in total. The summed E-state index contributed by atoms with van der Waals surface area (Å²) in [4.78, 5) is 37.9. The lowest BCUT2D eigenvalue weighted by atomic mass is 9.83. The molecule has 0 aromatic carbocycles. The molecule has 1 fully saturated rings. The molecule has 2 aliphatic heterocycles. The highest BCUT2D eigenvalue weighted by Crippen LogP contribution is 2.47. The summed E-state index contributed by atoms with van der Waals surface area (Å²) >= 11 is 2.27. The number of carboxylic acids is 1. The monoisotopic (exact) mass is 463 g/mol. The number of nitrogens with zero attached hydrogens (tertiary/aromatic N) is 2. The Kier molecular flexibility index (Phi) is 6.28. The Hall–Kier alpha value is -2.00. The van der Waals surface area contributed by atoms with Gasteiger partial charge >= 0.3 is 16.4 Å². The molecule has 0 bridgehead atoms. The van der Waals surface area contributed by atoms with Crippen LogP contribution >= 0.6 is 23.3 Å². The second-order valence-electron chi connectivity index (χ2n) is 6.29. The van der Waals surface area contributed by atoms with Gasteiger partial charge in [-0.25, -0.2) is 13.4 Å². The zero-order chi connectivity index (χ0) is 21.3. The van der Waals surface area contributed by atoms with Gasteiger partial charge in [0.15, 0.2) is 0 Å². The van der Waals surface area contributed by atoms with Crippen LogP contribution in [0.2, 0.25) is 0 Å². The first-order valence-electron chi connectivity index (χ1n) is 8.37. The number of aliphatic carboxylic acids is 1. The number of carbonyl (C=O) groups excluding carboxylic acids is 2. The summed E-state index contributed by atoms with van der Waals surface area (Å²) in [6.45, 7) is 1.61. The Morgan fingerprint density at radius 3 is 2.83 bits per heavy atom. The molecule has 11 nitrogen and oxygen atoms in total. The minimum absolute atomic E-state index is 0.144. The summed E-state index contributed by atoms with van der Waals surface area (Å²) in [5.41, 5.74) is -0.144. The van der Waals surface area contributed by atoms with Gasteiger partial charge in [0, 0.05) is 29.8 Å². The van der Waals surface area contributed by atoms with Crippen molar-refractivity contribution in [3.63, 3.8) is 0 Å². The maximum Gasteiger partial charge on any atom is 0.397 e. The van der Waals surface area contributed by atoms with Crippen LogP contribution in [-0.2, 0) is 24.2 Å². The van der Waals surface area contributed by atoms with E-state index in [2.05, 4.69) is 13.9 Å². The Morgan fingerprint density at radius 1 is 1.52 bits per heavy atom. The molecule has 0 unspecified atom stereocenters. The topological polar surface area (TPSA) is 163 Å². The predicted octanol–water partition coefficient (Wildman–Crippen LogP) is 0.341. The second kappa shape index (κ2) is 8.39. The molecule has 3 heterocycles. The standard InChI is InChI=1S/C15H17N3O8S3/c1-7(26-29(23,24)25)11-8-6-10(12(15(21)22)18(8)14(11)20)27-5-4-16-13(19)9-2-3-17-28-9/h2-3,7-8,11H,4-6H2,1H3,(H,16,19)(H,21,22)(H,23,24,25)/t7-,8+,11-/m0/s1. The van der Waals surface area contributed by atoms with E-state index in [0.717, 1.165) is 16.4 Å². The van der Waals surface area contributed by atoms with Gasteiger partial charge in [-0.2, -0.15) is 8.42 Å². The Bertz CT molecular complexity index is 959. The Morgan fingerprint density at radius 2 is 2.24 bits per heavy atom. The van der Waals surface area contributed by atoms with Crippen molar-refractivity contribution >= 4 is 51.5 Å². The zero-order valence-corrected chi connectivity index (χ0v) is 17.4. The van der Waals surface area contributed by atoms with Crippen LogP contribution in [0.25, 0.3) is 0 Å². The summed E-state index contributed by atoms with van der Waals surface area (Å²) in [5.74, 6) is -2.61. The molecule has 0 radical (unpaired) electrons. The molecule has 3 atom stereocenters. The fraction of sp³-hybridized carbons (Fsp3) is 0.467. The van der Waals surface area contributed by atoms with E-state index in [1.165, 1.54) is 24.9 Å². The first-order chi connectivity index (χ1) is 13.6. The molecule has 29 heavy (non-hydrogen) atoms. The van der Waals surface area contributed by atoms with Crippen molar-refractivity contribution in [3.05, 3.63) is 27.7 Å². The van der Waals surface area contributed by atoms with Crippen LogP contribution in [-0.4, -0.2) is 69.6 Å². The average Bonchev–Trinajstić information content (AvgIpc) is 3.23. The molecule has 1 aromatic rings. The molecule has 3 rings (SSSR count). The Balaban J connectivity index is 1.60. The number of hydrogen-bond donors (Lipinski definition) is 3. The van der Waals surface area contributed by atoms with E-state index in [-0.39, 0.29) is 24.6 Å². The lowest BCUT2D eigenvalue weighted by molar-refractivity contribution is -0.160. The molecule has 0 aliphatic carbocycles. The molecular formula is C15H17N3O8S3. The van der Waals surface area contributed by atoms with E-state index in [9.17, 15) is 27.9 Å². The maximum absolute atomic E-state index is 12.4. The van der Waals surface area contributed by atoms with Crippen LogP contribution in [0.4, 0.5) is 0 Å². The number of hydrogen-bond acceptors (Lipinski definition) is 9. The van der Waals surface area contributed by atoms with Gasteiger partial charge in [0.1, 0.15) is 10.6 Å². The average molecular weight is 464 g/mol. The minimum Gasteiger partial charge on any atom is -0.477 e. The molecular weight excluding hydrogens is 446 g/mol. The molecule has 0 saturated carbocycles. The van der Waals surface area contributed by atoms with Crippen molar-refractivity contribution < 1.29 is 36.6 Å². The largest absolute Gasteiger partial charge is 0.477 e. The smallest absolute Gasteiger partial charge is 0.397 e. The van der Waals surface area contributed by atoms with Crippen LogP contribution < -0.4 is 5.32 Å². The first-order valence-corrected chi connectivity index (χ1v) is 11.5. The number of carbonyl (C=O) groups is 3. The van der Waals surface area contributed by atoms with Crippen molar-refractivity contribution in [1.82, 2.24) is 14.6 Å². The van der Waals surface area contributed by atoms with E-state index in [4.69, 9.17) is 4.55 Å². The number of carboxylic acid groups (broad SMARTS) is 1. The van der Waals surface area contributed by atoms with Crippen LogP contribution in [0.1, 0.15) is 23.0 Å². The van der Waals surface area contributed by atoms with E-state index in [0.29, 0.717) is 15.5 Å². The maximum atomic E-state index is 12.4. The molecule has 0 spiro atoms. The van der Waals surface area contributed by atoms with Gasteiger partial charge in [-0.05, 0) is 24.5 Å². The molecule has 14 heteroatoms. The normalized spacial score (nSPS) is 22.3. The number of nitrogens with one attached hydrogen (secondary N) is 1. The third-order valence-electron chi connectivity index (χ3n) is 4.48. The summed E-state index contributed by atoms with van der Waals surface area (Å²) in [5, 5.41) is 12.2. The lowest BCUT2D eigenvalue weighted by Crippen LogP contribution is -2.62. The zero-order valence-electron chi connectivity index (χ0n) is 15.0. The SMILES string of the molecule is C[C@H](OS(=O)(=O)O)[C@@H]1C(=O)N2C(C(=O)O)=C(SCCNC(=O)c3ccns3)C[C@H]12. The van der Waals surface area contributed by atoms with Gasteiger partial charge < -0.3 is 15.3 Å². The third kappa shape index (κ3) is 4.61. The first kappa shape index (κ1) is 21.7. The summed E-state index contributed by atoms with van der Waals surface area (Å²) in [6.07, 6.45) is 0.614. The third-order valence-corrected chi connectivity index (χ3v) is 6.88. The summed E-state index contributed by atoms with van der Waals surface area (Å²) < 4.78 is 38.9. The number of amides is 2. The highest BCUT2D eigenvalue weighted by Gasteiger charge is 2.57. The fourth-order valence-electron chi connectivity index (χ4n) is 3.36. The van der Waals surface area contributed by atoms with Gasteiger partial charge in [-0.1, -0.05) is 0 Å². The molecule has 1 aromatic heterocycles. The van der Waals surface area contributed by atoms with Crippen molar-refractivity contribution in [2.75, 3.05) is 12.3 Å². The summed E-state index contributed by atoms with van der Waals surface area (Å²) in [7, 11) is -4.73. The van der Waals surface area contributed by atoms with E-state index < -0.39 is 40.3 Å². The van der Waals surface area contributed by atoms with Crippen LogP contribution in [0.5, 0.6) is 0 Å². The second-order valence-corrected chi connectivity index (χ2v) is 9.36. The van der Waals surface area contributed by atoms with Crippen LogP contribution in [0.3, 0.4) is 0 Å². The predicted molar refractivity (Wildman–Crippen MR) is 102 cm³/mol. The quantitative estimate of drug-likeness (QED) is 0.264. The molecule has 2 amide bonds. The number of β-lactam (4-membered cyclic amide) rings is 1. The Labute approximate surface area is 174 Å². The van der Waals surface area contributed by atoms with Gasteiger partial charge in [-0.15, -0.1) is 11.8 Å². The van der Waals surface area contributed by atoms with Crippen molar-refractivity contribution in [1.29, 1.82) is 0 Å². The van der Waals surface area contributed by atoms with E-state index >= 15 is 0 Å². The molecule has 1 saturated heterocycles. The van der Waals surface area contributed by atoms with Gasteiger partial charge in [0.05, 0.1) is 18.1 Å². The minimum atomic E-state index is -4.73. The fourth-order valence-corrected chi connectivity index (χ4v) is 5.43. The van der Waals surface area contributed by atoms with Gasteiger partial charge in [-0.3, -0.25) is 14.1 Å². The number of rotatable bonds is 9. The number of thioether (sulfide) groups is 1. The number of fused-ring (bicyclic) bond motifs is 1.